The Bertz CT molecular complexity index is 1450. The first kappa shape index (κ1) is 43.2. The van der Waals surface area contributed by atoms with Crippen molar-refractivity contribution < 1.29 is 52.5 Å². The first-order valence-corrected chi connectivity index (χ1v) is 16.7. The molecule has 0 saturated heterocycles. The molecule has 0 heterocycles. The molecule has 1 aromatic carbocycles. The molecule has 0 bridgehead atoms. The maximum Gasteiger partial charge on any atom is 0.333 e. The van der Waals surface area contributed by atoms with Crippen molar-refractivity contribution in [1.29, 1.82) is 0 Å². The summed E-state index contributed by atoms with van der Waals surface area (Å²) in [7, 11) is 0. The van der Waals surface area contributed by atoms with Crippen LogP contribution in [0.4, 0.5) is 0 Å². The van der Waals surface area contributed by atoms with Crippen LogP contribution in [0, 0.1) is 10.8 Å². The number of ketones is 1. The summed E-state index contributed by atoms with van der Waals surface area (Å²) in [4.78, 5) is 78.2. The average molecular weight is 697 g/mol. The summed E-state index contributed by atoms with van der Waals surface area (Å²) >= 11 is 0. The van der Waals surface area contributed by atoms with Crippen molar-refractivity contribution in [3.05, 3.63) is 84.0 Å². The van der Waals surface area contributed by atoms with E-state index in [0.29, 0.717) is 35.1 Å². The Morgan fingerprint density at radius 1 is 0.520 bits per heavy atom. The molecule has 11 nitrogen and oxygen atoms in total. The standard InChI is InChI=1S/C39H52O11/c1-11-26(6)20-38(30(10)40,22-28(8)33(41)46-13-3)35(43)49-24-31-16-18-32(19-17-31)25-50-37(45)39(21-27(7)12-2,36(44)48-15-5)23-29(9)34(42)47-14-4/h16-19H,6-9,11-15,20-25H2,1-5,10H3. The highest BCUT2D eigenvalue weighted by Crippen LogP contribution is 2.39. The fourth-order valence-corrected chi connectivity index (χ4v) is 5.05. The molecular formula is C39H52O11. The van der Waals surface area contributed by atoms with Crippen LogP contribution in [0.25, 0.3) is 0 Å². The number of allylic oxidation sites excluding steroid dienone is 2. The Morgan fingerprint density at radius 2 is 0.860 bits per heavy atom. The molecule has 0 aliphatic rings. The zero-order valence-electron chi connectivity index (χ0n) is 30.4. The van der Waals surface area contributed by atoms with Crippen molar-refractivity contribution in [2.45, 2.75) is 93.3 Å². The molecule has 0 amide bonds. The van der Waals surface area contributed by atoms with Crippen molar-refractivity contribution >= 4 is 35.6 Å². The van der Waals surface area contributed by atoms with Crippen LogP contribution in [-0.4, -0.2) is 55.5 Å². The van der Waals surface area contributed by atoms with Crippen LogP contribution in [0.1, 0.15) is 91.2 Å². The summed E-state index contributed by atoms with van der Waals surface area (Å²) in [6.45, 7) is 25.0. The number of benzene rings is 1. The van der Waals surface area contributed by atoms with Gasteiger partial charge >= 0.3 is 29.8 Å². The molecule has 11 heteroatoms. The lowest BCUT2D eigenvalue weighted by Gasteiger charge is -2.30. The number of hydrogen-bond acceptors (Lipinski definition) is 11. The van der Waals surface area contributed by atoms with Gasteiger partial charge in [0.05, 0.1) is 19.8 Å². The van der Waals surface area contributed by atoms with Crippen molar-refractivity contribution in [3.8, 4) is 0 Å². The van der Waals surface area contributed by atoms with Gasteiger partial charge in [-0.15, -0.1) is 0 Å². The molecule has 0 aliphatic heterocycles. The van der Waals surface area contributed by atoms with E-state index >= 15 is 0 Å². The first-order valence-electron chi connectivity index (χ1n) is 16.7. The van der Waals surface area contributed by atoms with E-state index < -0.39 is 46.5 Å². The third-order valence-corrected chi connectivity index (χ3v) is 8.15. The molecule has 274 valence electrons. The summed E-state index contributed by atoms with van der Waals surface area (Å²) in [6, 6.07) is 6.58. The van der Waals surface area contributed by atoms with E-state index in [0.717, 1.165) is 0 Å². The summed E-state index contributed by atoms with van der Waals surface area (Å²) in [5.41, 5.74) is -1.42. The van der Waals surface area contributed by atoms with Gasteiger partial charge in [-0.2, -0.15) is 0 Å². The largest absolute Gasteiger partial charge is 0.465 e. The molecular weight excluding hydrogens is 644 g/mol. The zero-order chi connectivity index (χ0) is 38.1. The third-order valence-electron chi connectivity index (χ3n) is 8.15. The molecule has 0 fully saturated rings. The van der Waals surface area contributed by atoms with E-state index in [-0.39, 0.29) is 69.9 Å². The highest BCUT2D eigenvalue weighted by atomic mass is 16.6. The van der Waals surface area contributed by atoms with E-state index in [4.69, 9.17) is 23.7 Å². The number of Topliss-reactive ketones (excluding diaryl/α,β-unsaturated/α-hetero) is 1. The minimum absolute atomic E-state index is 0.00851. The van der Waals surface area contributed by atoms with Crippen molar-refractivity contribution in [2.24, 2.45) is 10.8 Å². The molecule has 50 heavy (non-hydrogen) atoms. The number of carbonyl (C=O) groups is 6. The van der Waals surface area contributed by atoms with Crippen LogP contribution in [0.2, 0.25) is 0 Å². The van der Waals surface area contributed by atoms with E-state index in [1.54, 1.807) is 45.0 Å². The maximum absolute atomic E-state index is 13.7. The van der Waals surface area contributed by atoms with Gasteiger partial charge in [0.1, 0.15) is 24.4 Å². The predicted octanol–water partition coefficient (Wildman–Crippen LogP) is 6.63. The Hall–Kier alpha value is -4.80. The Labute approximate surface area is 295 Å². The smallest absolute Gasteiger partial charge is 0.333 e. The third kappa shape index (κ3) is 12.0. The second-order valence-electron chi connectivity index (χ2n) is 12.0. The monoisotopic (exact) mass is 696 g/mol. The van der Waals surface area contributed by atoms with Gasteiger partial charge in [-0.3, -0.25) is 19.2 Å². The molecule has 0 N–H and O–H groups in total. The fraction of sp³-hybridized carbons (Fsp3) is 0.487. The summed E-state index contributed by atoms with van der Waals surface area (Å²) in [5.74, 6) is -4.54. The van der Waals surface area contributed by atoms with Crippen LogP contribution in [0.15, 0.2) is 72.9 Å². The van der Waals surface area contributed by atoms with E-state index in [2.05, 4.69) is 26.3 Å². The summed E-state index contributed by atoms with van der Waals surface area (Å²) in [6.07, 6.45) is 0.168. The molecule has 2 atom stereocenters. The number of carbonyl (C=O) groups excluding carboxylic acids is 6. The molecule has 0 aliphatic carbocycles. The summed E-state index contributed by atoms with van der Waals surface area (Å²) < 4.78 is 26.5. The van der Waals surface area contributed by atoms with Gasteiger partial charge in [-0.05, 0) is 64.5 Å². The van der Waals surface area contributed by atoms with Gasteiger partial charge in [-0.25, -0.2) is 9.59 Å². The second-order valence-corrected chi connectivity index (χ2v) is 12.0. The first-order chi connectivity index (χ1) is 23.6. The lowest BCUT2D eigenvalue weighted by atomic mass is 9.73. The van der Waals surface area contributed by atoms with E-state index in [1.807, 2.05) is 13.8 Å². The minimum atomic E-state index is -1.91. The molecule has 0 spiro atoms. The van der Waals surface area contributed by atoms with Gasteiger partial charge < -0.3 is 23.7 Å². The van der Waals surface area contributed by atoms with E-state index in [1.165, 1.54) is 6.92 Å². The maximum atomic E-state index is 13.7. The summed E-state index contributed by atoms with van der Waals surface area (Å²) in [5, 5.41) is 0. The Morgan fingerprint density at radius 3 is 1.22 bits per heavy atom. The number of hydrogen-bond donors (Lipinski definition) is 0. The van der Waals surface area contributed by atoms with E-state index in [9.17, 15) is 28.8 Å². The lowest BCUT2D eigenvalue weighted by molar-refractivity contribution is -0.173. The number of esters is 5. The molecule has 0 aromatic heterocycles. The Balaban J connectivity index is 3.22. The topological polar surface area (TPSA) is 149 Å². The van der Waals surface area contributed by atoms with Crippen molar-refractivity contribution in [3.63, 3.8) is 0 Å². The van der Waals surface area contributed by atoms with Crippen LogP contribution < -0.4 is 0 Å². The average Bonchev–Trinajstić information content (AvgIpc) is 3.08. The van der Waals surface area contributed by atoms with Crippen LogP contribution in [0.3, 0.4) is 0 Å². The lowest BCUT2D eigenvalue weighted by Crippen LogP contribution is -2.43. The van der Waals surface area contributed by atoms with Crippen LogP contribution in [-0.2, 0) is 65.7 Å². The molecule has 1 rings (SSSR count). The van der Waals surface area contributed by atoms with Crippen molar-refractivity contribution in [1.82, 2.24) is 0 Å². The predicted molar refractivity (Wildman–Crippen MR) is 187 cm³/mol. The highest BCUT2D eigenvalue weighted by molar-refractivity contribution is 6.05. The highest BCUT2D eigenvalue weighted by Gasteiger charge is 2.50. The van der Waals surface area contributed by atoms with Crippen molar-refractivity contribution in [2.75, 3.05) is 19.8 Å². The normalized spacial score (nSPS) is 13.0. The molecule has 0 radical (unpaired) electrons. The molecule has 2 unspecified atom stereocenters. The fourth-order valence-electron chi connectivity index (χ4n) is 5.05. The SMILES string of the molecule is C=C(CC)CC(CC(=C)C(=O)OCC)(C(C)=O)C(=O)OCc1ccc(COC(=O)C(CC(=C)CC)(CC(=C)C(=O)OCC)C(=O)OCC)cc1. The van der Waals surface area contributed by atoms with Gasteiger partial charge in [0.2, 0.25) is 0 Å². The van der Waals surface area contributed by atoms with Crippen LogP contribution in [0.5, 0.6) is 0 Å². The zero-order valence-corrected chi connectivity index (χ0v) is 30.4. The molecule has 0 saturated carbocycles. The van der Waals surface area contributed by atoms with Gasteiger partial charge in [0.15, 0.2) is 5.41 Å². The van der Waals surface area contributed by atoms with Crippen LogP contribution >= 0.6 is 0 Å². The molecule has 1 aromatic rings. The number of rotatable bonds is 23. The van der Waals surface area contributed by atoms with Gasteiger partial charge in [0.25, 0.3) is 0 Å². The second kappa shape index (κ2) is 20.7. The Kier molecular flexibility index (Phi) is 17.9. The number of ether oxygens (including phenoxy) is 5. The van der Waals surface area contributed by atoms with Gasteiger partial charge in [-0.1, -0.05) is 75.6 Å². The van der Waals surface area contributed by atoms with Gasteiger partial charge in [0, 0.05) is 24.0 Å². The minimum Gasteiger partial charge on any atom is -0.465 e. The quantitative estimate of drug-likeness (QED) is 0.0399.